The number of nitrogens with one attached hydrogen (secondary N) is 2. The van der Waals surface area contributed by atoms with E-state index in [-0.39, 0.29) is 18.2 Å². The van der Waals surface area contributed by atoms with Crippen LogP contribution in [0.2, 0.25) is 0 Å². The Bertz CT molecular complexity index is 1010. The minimum atomic E-state index is -0.473. The molecule has 7 nitrogen and oxygen atoms in total. The Kier molecular flexibility index (Phi) is 7.00. The van der Waals surface area contributed by atoms with Crippen molar-refractivity contribution in [3.05, 3.63) is 65.4 Å². The van der Waals surface area contributed by atoms with Crippen LogP contribution in [0, 0.1) is 0 Å². The number of amides is 1. The van der Waals surface area contributed by atoms with Gasteiger partial charge >= 0.3 is 6.09 Å². The van der Waals surface area contributed by atoms with E-state index in [1.54, 1.807) is 0 Å². The number of piperazine rings is 2. The number of hydrogen-bond acceptors (Lipinski definition) is 6. The van der Waals surface area contributed by atoms with Crippen molar-refractivity contribution >= 4 is 11.7 Å². The average molecular weight is 478 g/mol. The maximum Gasteiger partial charge on any atom is 0.410 e. The Morgan fingerprint density at radius 1 is 1.06 bits per heavy atom. The van der Waals surface area contributed by atoms with Gasteiger partial charge in [-0.05, 0) is 55.3 Å². The fraction of sp³-hybridized carbons (Fsp3) is 0.536. The predicted molar refractivity (Wildman–Crippen MR) is 140 cm³/mol. The molecule has 0 aromatic heterocycles. The fourth-order valence-electron chi connectivity index (χ4n) is 5.59. The van der Waals surface area contributed by atoms with E-state index in [4.69, 9.17) is 4.74 Å². The van der Waals surface area contributed by atoms with Crippen molar-refractivity contribution in [2.75, 3.05) is 58.9 Å². The second-order valence-electron chi connectivity index (χ2n) is 10.9. The number of dihydropyridines is 1. The summed E-state index contributed by atoms with van der Waals surface area (Å²) in [5.41, 5.74) is 4.97. The van der Waals surface area contributed by atoms with Crippen LogP contribution in [-0.2, 0) is 4.74 Å². The van der Waals surface area contributed by atoms with Crippen LogP contribution in [0.3, 0.4) is 0 Å². The highest BCUT2D eigenvalue weighted by Gasteiger charge is 2.38. The maximum atomic E-state index is 12.6. The molecule has 0 spiro atoms. The first-order chi connectivity index (χ1) is 16.9. The van der Waals surface area contributed by atoms with Crippen LogP contribution in [-0.4, -0.2) is 91.3 Å². The second kappa shape index (κ2) is 10.2. The van der Waals surface area contributed by atoms with E-state index in [1.165, 1.54) is 22.3 Å². The lowest BCUT2D eigenvalue weighted by Crippen LogP contribution is -2.54. The normalized spacial score (nSPS) is 25.5. The molecule has 1 aromatic carbocycles. The molecule has 2 fully saturated rings. The number of benzene rings is 1. The average Bonchev–Trinajstić information content (AvgIpc) is 2.98. The molecule has 3 aliphatic heterocycles. The van der Waals surface area contributed by atoms with Gasteiger partial charge in [-0.2, -0.15) is 0 Å². The molecule has 188 valence electrons. The molecule has 0 bridgehead atoms. The van der Waals surface area contributed by atoms with E-state index < -0.39 is 5.60 Å². The van der Waals surface area contributed by atoms with Gasteiger partial charge in [0.05, 0.1) is 12.1 Å². The van der Waals surface area contributed by atoms with Crippen molar-refractivity contribution in [1.29, 1.82) is 0 Å². The molecule has 2 atom stereocenters. The van der Waals surface area contributed by atoms with Crippen molar-refractivity contribution < 1.29 is 9.53 Å². The van der Waals surface area contributed by atoms with Crippen molar-refractivity contribution in [3.63, 3.8) is 0 Å². The molecule has 2 saturated heterocycles. The first kappa shape index (κ1) is 24.1. The monoisotopic (exact) mass is 477 g/mol. The lowest BCUT2D eigenvalue weighted by molar-refractivity contribution is 0.00900. The maximum absolute atomic E-state index is 12.6. The van der Waals surface area contributed by atoms with E-state index in [1.807, 2.05) is 25.7 Å². The first-order valence-corrected chi connectivity index (χ1v) is 13.0. The number of allylic oxidation sites excluding steroid dienone is 2. The molecule has 35 heavy (non-hydrogen) atoms. The van der Waals surface area contributed by atoms with E-state index in [2.05, 4.69) is 69.1 Å². The minimum Gasteiger partial charge on any atom is -0.444 e. The fourth-order valence-corrected chi connectivity index (χ4v) is 5.59. The summed E-state index contributed by atoms with van der Waals surface area (Å²) < 4.78 is 5.63. The largest absolute Gasteiger partial charge is 0.444 e. The summed E-state index contributed by atoms with van der Waals surface area (Å²) in [6, 6.07) is 9.29. The molecule has 2 unspecified atom stereocenters. The van der Waals surface area contributed by atoms with Gasteiger partial charge in [0.2, 0.25) is 0 Å². The highest BCUT2D eigenvalue weighted by Crippen LogP contribution is 2.39. The molecule has 5 rings (SSSR count). The van der Waals surface area contributed by atoms with Gasteiger partial charge in [0.15, 0.2) is 0 Å². The number of hydrogen-bond donors (Lipinski definition) is 2. The number of ether oxygens (including phenoxy) is 1. The molecule has 2 N–H and O–H groups in total. The van der Waals surface area contributed by atoms with E-state index in [0.717, 1.165) is 45.8 Å². The van der Waals surface area contributed by atoms with Crippen LogP contribution in [0.1, 0.15) is 37.9 Å². The molecule has 7 heteroatoms. The summed E-state index contributed by atoms with van der Waals surface area (Å²) in [5, 5.41) is 7.14. The van der Waals surface area contributed by atoms with Crippen molar-refractivity contribution in [2.24, 2.45) is 0 Å². The first-order valence-electron chi connectivity index (χ1n) is 13.0. The van der Waals surface area contributed by atoms with Crippen molar-refractivity contribution in [3.8, 4) is 0 Å². The summed E-state index contributed by atoms with van der Waals surface area (Å²) in [7, 11) is 0. The van der Waals surface area contributed by atoms with Gasteiger partial charge in [-0.25, -0.2) is 4.79 Å². The Morgan fingerprint density at radius 3 is 2.54 bits per heavy atom. The lowest BCUT2D eigenvalue weighted by atomic mass is 9.90. The van der Waals surface area contributed by atoms with Crippen LogP contribution in [0.5, 0.6) is 0 Å². The minimum absolute atomic E-state index is 0.176. The van der Waals surface area contributed by atoms with Crippen LogP contribution < -0.4 is 10.6 Å². The highest BCUT2D eigenvalue weighted by atomic mass is 16.6. The van der Waals surface area contributed by atoms with Gasteiger partial charge in [-0.3, -0.25) is 9.80 Å². The molecule has 1 aliphatic carbocycles. The second-order valence-corrected chi connectivity index (χ2v) is 10.9. The van der Waals surface area contributed by atoms with Gasteiger partial charge in [0, 0.05) is 58.9 Å². The molecular weight excluding hydrogens is 438 g/mol. The summed E-state index contributed by atoms with van der Waals surface area (Å²) in [6.07, 6.45) is 8.64. The third-order valence-electron chi connectivity index (χ3n) is 7.26. The Hall–Kier alpha value is -2.61. The predicted octanol–water partition coefficient (Wildman–Crippen LogP) is 2.99. The molecular formula is C28H39N5O2. The number of fused-ring (bicyclic) bond motifs is 2. The zero-order valence-corrected chi connectivity index (χ0v) is 21.3. The molecule has 1 aromatic rings. The molecule has 1 amide bonds. The van der Waals surface area contributed by atoms with Crippen LogP contribution in [0.4, 0.5) is 4.79 Å². The number of carbonyl (C=O) groups is 1. The van der Waals surface area contributed by atoms with Gasteiger partial charge < -0.3 is 20.3 Å². The SMILES string of the molecule is CC(C)(C)OC(=O)N1CCN(C2c3ccccc3C(CN3CCNCC3)=CC3=CC=CNC32)CC1. The van der Waals surface area contributed by atoms with Crippen molar-refractivity contribution in [1.82, 2.24) is 25.3 Å². The van der Waals surface area contributed by atoms with Gasteiger partial charge in [-0.1, -0.05) is 36.4 Å². The standard InChI is InChI=1S/C28H39N5O2/c1-28(2,3)35-27(34)33-17-15-32(16-18-33)26-24-9-5-4-8-23(24)22(20-31-13-11-29-12-14-31)19-21-7-6-10-30-25(21)26/h4-10,19,25-26,29-30H,11-18,20H2,1-3H3. The lowest BCUT2D eigenvalue weighted by Gasteiger charge is -2.43. The number of rotatable bonds is 3. The topological polar surface area (TPSA) is 60.1 Å². The van der Waals surface area contributed by atoms with Crippen LogP contribution >= 0.6 is 0 Å². The smallest absolute Gasteiger partial charge is 0.410 e. The van der Waals surface area contributed by atoms with Gasteiger partial charge in [0.1, 0.15) is 5.60 Å². The third kappa shape index (κ3) is 5.47. The molecule has 0 saturated carbocycles. The molecule has 3 heterocycles. The number of nitrogens with zero attached hydrogens (tertiary/aromatic N) is 3. The van der Waals surface area contributed by atoms with Gasteiger partial charge in [0.25, 0.3) is 0 Å². The van der Waals surface area contributed by atoms with E-state index in [0.29, 0.717) is 13.1 Å². The Labute approximate surface area is 209 Å². The Balaban J connectivity index is 1.41. The zero-order chi connectivity index (χ0) is 24.4. The highest BCUT2D eigenvalue weighted by molar-refractivity contribution is 5.75. The third-order valence-corrected chi connectivity index (χ3v) is 7.26. The van der Waals surface area contributed by atoms with E-state index in [9.17, 15) is 4.79 Å². The Morgan fingerprint density at radius 2 is 1.80 bits per heavy atom. The summed E-state index contributed by atoms with van der Waals surface area (Å²) in [4.78, 5) is 19.6. The van der Waals surface area contributed by atoms with Crippen molar-refractivity contribution in [2.45, 2.75) is 38.5 Å². The zero-order valence-electron chi connectivity index (χ0n) is 21.3. The van der Waals surface area contributed by atoms with Crippen LogP contribution in [0.15, 0.2) is 54.3 Å². The number of carbonyl (C=O) groups excluding carboxylic acids is 1. The summed E-state index contributed by atoms with van der Waals surface area (Å²) in [6.45, 7) is 14.0. The molecule has 0 radical (unpaired) electrons. The molecule has 4 aliphatic rings. The van der Waals surface area contributed by atoms with Crippen LogP contribution in [0.25, 0.3) is 5.57 Å². The van der Waals surface area contributed by atoms with E-state index >= 15 is 0 Å². The summed E-state index contributed by atoms with van der Waals surface area (Å²) >= 11 is 0. The quantitative estimate of drug-likeness (QED) is 0.698. The van der Waals surface area contributed by atoms with Gasteiger partial charge in [-0.15, -0.1) is 0 Å². The summed E-state index contributed by atoms with van der Waals surface area (Å²) in [5.74, 6) is 0.